The van der Waals surface area contributed by atoms with E-state index in [1.165, 1.54) is 14.2 Å². The number of piperidine rings is 1. The molecule has 1 aromatic heterocycles. The third-order valence-corrected chi connectivity index (χ3v) is 5.31. The van der Waals surface area contributed by atoms with Gasteiger partial charge in [-0.1, -0.05) is 6.07 Å². The number of methoxy groups -OCH3 is 2. The number of quaternary nitrogens is 1. The minimum atomic E-state index is -0.587. The SMILES string of the molecule is CCOC(=O)[C@@H]1CCC[NH+](CC(=O)Nc2c(C(=O)OC)[nH]c3cccc(OC)c23)C1. The van der Waals surface area contributed by atoms with Crippen LogP contribution in [0.3, 0.4) is 0 Å². The minimum Gasteiger partial charge on any atom is -0.496 e. The van der Waals surface area contributed by atoms with Crippen LogP contribution >= 0.6 is 0 Å². The van der Waals surface area contributed by atoms with E-state index < -0.39 is 5.97 Å². The summed E-state index contributed by atoms with van der Waals surface area (Å²) >= 11 is 0. The number of hydrogen-bond acceptors (Lipinski definition) is 6. The molecular formula is C21H28N3O6+. The Labute approximate surface area is 174 Å². The number of carbonyl (C=O) groups is 3. The Bertz CT molecular complexity index is 938. The Morgan fingerprint density at radius 3 is 2.77 bits per heavy atom. The molecule has 0 bridgehead atoms. The highest BCUT2D eigenvalue weighted by Gasteiger charge is 2.31. The first-order chi connectivity index (χ1) is 14.5. The zero-order chi connectivity index (χ0) is 21.7. The Kier molecular flexibility index (Phi) is 6.94. The molecule has 1 fully saturated rings. The van der Waals surface area contributed by atoms with Crippen molar-refractivity contribution >= 4 is 34.4 Å². The van der Waals surface area contributed by atoms with Crippen molar-refractivity contribution in [1.29, 1.82) is 0 Å². The predicted octanol–water partition coefficient (Wildman–Crippen LogP) is 0.760. The third kappa shape index (κ3) is 4.56. The number of aromatic amines is 1. The smallest absolute Gasteiger partial charge is 0.356 e. The summed E-state index contributed by atoms with van der Waals surface area (Å²) in [6.45, 7) is 3.66. The molecule has 1 amide bonds. The molecule has 3 N–H and O–H groups in total. The van der Waals surface area contributed by atoms with E-state index in [4.69, 9.17) is 14.2 Å². The molecule has 9 nitrogen and oxygen atoms in total. The summed E-state index contributed by atoms with van der Waals surface area (Å²) in [5.74, 6) is -0.714. The van der Waals surface area contributed by atoms with E-state index in [0.29, 0.717) is 35.5 Å². The molecule has 1 aliphatic rings. The van der Waals surface area contributed by atoms with Gasteiger partial charge >= 0.3 is 11.9 Å². The first-order valence-electron chi connectivity index (χ1n) is 10.1. The summed E-state index contributed by atoms with van der Waals surface area (Å²) in [6.07, 6.45) is 1.62. The largest absolute Gasteiger partial charge is 0.496 e. The number of amides is 1. The van der Waals surface area contributed by atoms with E-state index >= 15 is 0 Å². The maximum Gasteiger partial charge on any atom is 0.356 e. The number of benzene rings is 1. The number of aromatic nitrogens is 1. The van der Waals surface area contributed by atoms with Gasteiger partial charge in [0.1, 0.15) is 17.4 Å². The lowest BCUT2D eigenvalue weighted by Crippen LogP contribution is -3.14. The number of esters is 2. The molecule has 2 atom stereocenters. The van der Waals surface area contributed by atoms with E-state index in [2.05, 4.69) is 10.3 Å². The van der Waals surface area contributed by atoms with Crippen LogP contribution in [0.1, 0.15) is 30.3 Å². The molecule has 0 saturated carbocycles. The van der Waals surface area contributed by atoms with Crippen molar-refractivity contribution in [3.05, 3.63) is 23.9 Å². The minimum absolute atomic E-state index is 0.156. The molecular weight excluding hydrogens is 390 g/mol. The number of ether oxygens (including phenoxy) is 3. The molecule has 1 aliphatic heterocycles. The van der Waals surface area contributed by atoms with Crippen LogP contribution in [0.4, 0.5) is 5.69 Å². The number of carbonyl (C=O) groups excluding carboxylic acids is 3. The molecule has 0 aliphatic carbocycles. The number of rotatable bonds is 7. The van der Waals surface area contributed by atoms with Crippen LogP contribution in [0.25, 0.3) is 10.9 Å². The molecule has 0 radical (unpaired) electrons. The lowest BCUT2D eigenvalue weighted by Gasteiger charge is -2.28. The summed E-state index contributed by atoms with van der Waals surface area (Å²) < 4.78 is 15.4. The van der Waals surface area contributed by atoms with Crippen LogP contribution in [0.5, 0.6) is 5.75 Å². The van der Waals surface area contributed by atoms with Crippen molar-refractivity contribution in [3.63, 3.8) is 0 Å². The highest BCUT2D eigenvalue weighted by Crippen LogP contribution is 2.35. The topological polar surface area (TPSA) is 111 Å². The van der Waals surface area contributed by atoms with Gasteiger partial charge in [0.2, 0.25) is 0 Å². The Morgan fingerprint density at radius 1 is 1.27 bits per heavy atom. The average molecular weight is 418 g/mol. The van der Waals surface area contributed by atoms with E-state index in [9.17, 15) is 14.4 Å². The standard InChI is InChI=1S/C21H27N3O6/c1-4-30-20(26)13-7-6-10-24(11-13)12-16(25)23-18-17-14(8-5-9-15(17)28-2)22-19(18)21(27)29-3/h5,8-9,13,22H,4,6-7,10-12H2,1-3H3,(H,23,25)/p+1/t13-/m1/s1. The van der Waals surface area contributed by atoms with Gasteiger partial charge in [-0.05, 0) is 31.9 Å². The van der Waals surface area contributed by atoms with Gasteiger partial charge in [0.15, 0.2) is 6.54 Å². The summed E-state index contributed by atoms with van der Waals surface area (Å²) in [5.41, 5.74) is 1.14. The van der Waals surface area contributed by atoms with Gasteiger partial charge in [-0.2, -0.15) is 0 Å². The maximum atomic E-state index is 12.8. The lowest BCUT2D eigenvalue weighted by atomic mass is 9.98. The van der Waals surface area contributed by atoms with Crippen molar-refractivity contribution < 1.29 is 33.5 Å². The predicted molar refractivity (Wildman–Crippen MR) is 110 cm³/mol. The van der Waals surface area contributed by atoms with Crippen LogP contribution in [-0.2, 0) is 19.1 Å². The van der Waals surface area contributed by atoms with Crippen LogP contribution in [0.2, 0.25) is 0 Å². The summed E-state index contributed by atoms with van der Waals surface area (Å²) in [6, 6.07) is 5.34. The van der Waals surface area contributed by atoms with Crippen LogP contribution in [-0.4, -0.2) is 63.3 Å². The number of nitrogens with one attached hydrogen (secondary N) is 3. The van der Waals surface area contributed by atoms with Gasteiger partial charge in [0, 0.05) is 0 Å². The molecule has 162 valence electrons. The lowest BCUT2D eigenvalue weighted by molar-refractivity contribution is -0.899. The summed E-state index contributed by atoms with van der Waals surface area (Å²) in [4.78, 5) is 41.1. The number of fused-ring (bicyclic) bond motifs is 1. The highest BCUT2D eigenvalue weighted by molar-refractivity contribution is 6.13. The van der Waals surface area contributed by atoms with Crippen LogP contribution in [0, 0.1) is 5.92 Å². The maximum absolute atomic E-state index is 12.8. The van der Waals surface area contributed by atoms with Crippen LogP contribution in [0.15, 0.2) is 18.2 Å². The number of likely N-dealkylation sites (tertiary alicyclic amines) is 1. The second kappa shape index (κ2) is 9.62. The normalized spacial score (nSPS) is 18.6. The molecule has 1 unspecified atom stereocenters. The Morgan fingerprint density at radius 2 is 2.07 bits per heavy atom. The second-order valence-electron chi connectivity index (χ2n) is 7.27. The van der Waals surface area contributed by atoms with Gasteiger partial charge < -0.3 is 29.4 Å². The number of H-pyrrole nitrogens is 1. The highest BCUT2D eigenvalue weighted by atomic mass is 16.5. The van der Waals surface area contributed by atoms with Crippen molar-refractivity contribution in [2.24, 2.45) is 5.92 Å². The van der Waals surface area contributed by atoms with Gasteiger partial charge in [-0.3, -0.25) is 9.59 Å². The molecule has 2 heterocycles. The van der Waals surface area contributed by atoms with Crippen molar-refractivity contribution in [3.8, 4) is 5.75 Å². The summed E-state index contributed by atoms with van der Waals surface area (Å²) in [7, 11) is 2.81. The summed E-state index contributed by atoms with van der Waals surface area (Å²) in [5, 5.41) is 3.46. The first-order valence-corrected chi connectivity index (χ1v) is 10.1. The number of anilines is 1. The monoisotopic (exact) mass is 418 g/mol. The van der Waals surface area contributed by atoms with Crippen molar-refractivity contribution in [1.82, 2.24) is 4.98 Å². The Balaban J connectivity index is 1.79. The number of hydrogen-bond donors (Lipinski definition) is 3. The van der Waals surface area contributed by atoms with E-state index in [1.54, 1.807) is 25.1 Å². The third-order valence-electron chi connectivity index (χ3n) is 5.31. The fourth-order valence-electron chi connectivity index (χ4n) is 3.95. The van der Waals surface area contributed by atoms with Gasteiger partial charge in [-0.15, -0.1) is 0 Å². The van der Waals surface area contributed by atoms with Crippen LogP contribution < -0.4 is 15.0 Å². The second-order valence-corrected chi connectivity index (χ2v) is 7.27. The molecule has 3 rings (SSSR count). The van der Waals surface area contributed by atoms with E-state index in [-0.39, 0.29) is 30.0 Å². The molecule has 9 heteroatoms. The van der Waals surface area contributed by atoms with Gasteiger partial charge in [0.05, 0.1) is 50.5 Å². The molecule has 30 heavy (non-hydrogen) atoms. The first kappa shape index (κ1) is 21.6. The fraction of sp³-hybridized carbons (Fsp3) is 0.476. The quantitative estimate of drug-likeness (QED) is 0.573. The van der Waals surface area contributed by atoms with Gasteiger partial charge in [-0.25, -0.2) is 4.79 Å². The van der Waals surface area contributed by atoms with Gasteiger partial charge in [0.25, 0.3) is 5.91 Å². The Hall–Kier alpha value is -3.07. The average Bonchev–Trinajstić information content (AvgIpc) is 3.12. The van der Waals surface area contributed by atoms with Crippen molar-refractivity contribution in [2.45, 2.75) is 19.8 Å². The van der Waals surface area contributed by atoms with E-state index in [1.807, 2.05) is 0 Å². The zero-order valence-electron chi connectivity index (χ0n) is 17.5. The molecule has 0 spiro atoms. The molecule has 1 saturated heterocycles. The fourth-order valence-corrected chi connectivity index (χ4v) is 3.95. The molecule has 2 aromatic rings. The molecule has 1 aromatic carbocycles. The van der Waals surface area contributed by atoms with Crippen molar-refractivity contribution in [2.75, 3.05) is 45.8 Å². The van der Waals surface area contributed by atoms with E-state index in [0.717, 1.165) is 24.3 Å². The zero-order valence-corrected chi connectivity index (χ0v) is 17.5.